The summed E-state index contributed by atoms with van der Waals surface area (Å²) in [5.74, 6) is -0.709. The molecule has 1 aliphatic rings. The third-order valence-electron chi connectivity index (χ3n) is 15.8. The van der Waals surface area contributed by atoms with Crippen molar-refractivity contribution in [1.82, 2.24) is 5.32 Å². The summed E-state index contributed by atoms with van der Waals surface area (Å²) in [7, 11) is 0. The highest BCUT2D eigenvalue weighted by molar-refractivity contribution is 5.80. The zero-order valence-electron chi connectivity index (χ0n) is 50.4. The fraction of sp³-hybridized carbons (Fsp3) is 0.866. The summed E-state index contributed by atoms with van der Waals surface area (Å²) >= 11 is 0. The monoisotopic (exact) mass is 1100 g/mol. The zero-order chi connectivity index (χ0) is 56.8. The summed E-state index contributed by atoms with van der Waals surface area (Å²) in [6.45, 7) is 3.45. The quantitative estimate of drug-likeness (QED) is 0.0215. The summed E-state index contributed by atoms with van der Waals surface area (Å²) in [4.78, 5) is 13.2. The van der Waals surface area contributed by atoms with Crippen LogP contribution < -0.4 is 5.32 Å². The number of hydrogen-bond donors (Lipinski definition) is 8. The summed E-state index contributed by atoms with van der Waals surface area (Å²) in [6.07, 6.45) is 60.6. The van der Waals surface area contributed by atoms with Crippen LogP contribution in [0.4, 0.5) is 0 Å². The first-order valence-electron chi connectivity index (χ1n) is 33.0. The Morgan fingerprint density at radius 2 is 0.808 bits per heavy atom. The molecule has 78 heavy (non-hydrogen) atoms. The largest absolute Gasteiger partial charge is 0.394 e. The molecule has 1 heterocycles. The number of allylic oxidation sites excluding steroid dienone is 8. The van der Waals surface area contributed by atoms with E-state index < -0.39 is 74.2 Å². The number of carbonyl (C=O) groups is 1. The molecule has 0 bridgehead atoms. The van der Waals surface area contributed by atoms with Gasteiger partial charge in [-0.2, -0.15) is 0 Å². The molecule has 11 nitrogen and oxygen atoms in total. The van der Waals surface area contributed by atoms with E-state index in [9.17, 15) is 40.5 Å². The maximum Gasteiger partial charge on any atom is 0.249 e. The second kappa shape index (κ2) is 55.6. The smallest absolute Gasteiger partial charge is 0.249 e. The fourth-order valence-electron chi connectivity index (χ4n) is 10.5. The number of hydrogen-bond acceptors (Lipinski definition) is 10. The highest BCUT2D eigenvalue weighted by Crippen LogP contribution is 2.23. The van der Waals surface area contributed by atoms with Crippen molar-refractivity contribution in [3.63, 3.8) is 0 Å². The first-order valence-corrected chi connectivity index (χ1v) is 33.0. The van der Waals surface area contributed by atoms with Gasteiger partial charge in [-0.15, -0.1) is 0 Å². The van der Waals surface area contributed by atoms with Crippen LogP contribution in [0, 0.1) is 0 Å². The average molecular weight is 1100 g/mol. The third kappa shape index (κ3) is 42.8. The van der Waals surface area contributed by atoms with Crippen LogP contribution in [0.25, 0.3) is 0 Å². The van der Waals surface area contributed by atoms with Crippen molar-refractivity contribution in [2.45, 2.75) is 358 Å². The summed E-state index contributed by atoms with van der Waals surface area (Å²) in [5, 5.41) is 76.2. The molecule has 0 aromatic carbocycles. The second-order valence-electron chi connectivity index (χ2n) is 23.2. The lowest BCUT2D eigenvalue weighted by molar-refractivity contribution is -0.303. The highest BCUT2D eigenvalue weighted by atomic mass is 16.7. The van der Waals surface area contributed by atoms with Crippen LogP contribution in [-0.4, -0.2) is 110 Å². The van der Waals surface area contributed by atoms with E-state index in [0.29, 0.717) is 19.3 Å². The number of rotatable bonds is 57. The lowest BCUT2D eigenvalue weighted by Gasteiger charge is -2.40. The molecule has 0 aromatic heterocycles. The highest BCUT2D eigenvalue weighted by Gasteiger charge is 2.44. The number of unbranched alkanes of at least 4 members (excludes halogenated alkanes) is 37. The van der Waals surface area contributed by atoms with E-state index in [1.165, 1.54) is 212 Å². The molecule has 458 valence electrons. The summed E-state index contributed by atoms with van der Waals surface area (Å²) in [5.41, 5.74) is 0. The maximum atomic E-state index is 13.2. The van der Waals surface area contributed by atoms with E-state index in [0.717, 1.165) is 44.9 Å². The van der Waals surface area contributed by atoms with Gasteiger partial charge in [-0.3, -0.25) is 4.79 Å². The standard InChI is InChI=1S/C67H125NO10/c1-3-5-7-9-11-13-15-17-19-20-21-22-23-24-25-26-27-28-29-30-31-32-33-34-35-36-37-38-39-41-43-45-47-49-51-53-55-60(71)66(76)68-58(57-77-67-65(75)64(74)63(73)61(56-69)78-67)62(72)59(70)54-52-50-48-46-44-42-40-18-16-14-12-10-8-6-4-2/h18,25-26,28-29,40,46,48,58-65,67,69-75H,3-17,19-24,27,30-39,41-45,47,49-57H2,1-2H3,(H,68,76)/b26-25-,29-28-,40-18+,48-46+. The fourth-order valence-corrected chi connectivity index (χ4v) is 10.5. The minimum absolute atomic E-state index is 0.246. The van der Waals surface area contributed by atoms with Gasteiger partial charge in [0.15, 0.2) is 6.29 Å². The van der Waals surface area contributed by atoms with Crippen molar-refractivity contribution in [1.29, 1.82) is 0 Å². The van der Waals surface area contributed by atoms with E-state index in [2.05, 4.69) is 67.8 Å². The molecule has 1 amide bonds. The van der Waals surface area contributed by atoms with E-state index in [1.54, 1.807) is 0 Å². The Morgan fingerprint density at radius 1 is 0.449 bits per heavy atom. The molecular formula is C67H125NO10. The normalized spacial score (nSPS) is 19.7. The van der Waals surface area contributed by atoms with Gasteiger partial charge in [-0.25, -0.2) is 0 Å². The van der Waals surface area contributed by atoms with Crippen molar-refractivity contribution in [2.24, 2.45) is 0 Å². The molecule has 0 aliphatic carbocycles. The van der Waals surface area contributed by atoms with Crippen LogP contribution >= 0.6 is 0 Å². The Morgan fingerprint density at radius 3 is 1.22 bits per heavy atom. The summed E-state index contributed by atoms with van der Waals surface area (Å²) in [6, 6.07) is -1.19. The van der Waals surface area contributed by atoms with Gasteiger partial charge in [0.25, 0.3) is 0 Å². The number of amides is 1. The minimum Gasteiger partial charge on any atom is -0.394 e. The Balaban J connectivity index is 2.16. The molecule has 0 saturated carbocycles. The molecule has 0 spiro atoms. The van der Waals surface area contributed by atoms with E-state index in [-0.39, 0.29) is 12.8 Å². The lowest BCUT2D eigenvalue weighted by Crippen LogP contribution is -2.60. The Bertz CT molecular complexity index is 1410. The predicted molar refractivity (Wildman–Crippen MR) is 325 cm³/mol. The number of carbonyl (C=O) groups excluding carboxylic acids is 1. The van der Waals surface area contributed by atoms with Gasteiger partial charge < -0.3 is 50.5 Å². The van der Waals surface area contributed by atoms with Crippen LogP contribution in [0.3, 0.4) is 0 Å². The first kappa shape index (κ1) is 74.1. The third-order valence-corrected chi connectivity index (χ3v) is 15.8. The zero-order valence-corrected chi connectivity index (χ0v) is 50.4. The molecule has 8 N–H and O–H groups in total. The van der Waals surface area contributed by atoms with Crippen LogP contribution in [0.1, 0.15) is 303 Å². The topological polar surface area (TPSA) is 189 Å². The minimum atomic E-state index is -1.67. The SMILES string of the molecule is CCCCCCCC/C=C/CC/C=C/CCCC(O)C(O)C(COC1OC(CO)C(O)C(O)C1O)NC(=O)C(O)CCCCCCCCCCCCCCCCCC/C=C\C/C=C\CCCCCCCCCCCCCCC. The van der Waals surface area contributed by atoms with Crippen LogP contribution in [0.15, 0.2) is 48.6 Å². The lowest BCUT2D eigenvalue weighted by atomic mass is 9.98. The Labute approximate surface area is 479 Å². The van der Waals surface area contributed by atoms with Gasteiger partial charge in [-0.05, 0) is 83.5 Å². The Hall–Kier alpha value is -1.93. The van der Waals surface area contributed by atoms with Crippen LogP contribution in [0.2, 0.25) is 0 Å². The van der Waals surface area contributed by atoms with Gasteiger partial charge in [0.2, 0.25) is 5.91 Å². The van der Waals surface area contributed by atoms with Crippen LogP contribution in [0.5, 0.6) is 0 Å². The predicted octanol–water partition coefficient (Wildman–Crippen LogP) is 15.2. The molecule has 9 atom stereocenters. The molecule has 0 radical (unpaired) electrons. The Kier molecular flexibility index (Phi) is 52.8. The first-order chi connectivity index (χ1) is 38.2. The summed E-state index contributed by atoms with van der Waals surface area (Å²) < 4.78 is 11.1. The number of aliphatic hydroxyl groups is 7. The molecular weight excluding hydrogens is 979 g/mol. The van der Waals surface area contributed by atoms with Gasteiger partial charge in [0.05, 0.1) is 25.4 Å². The average Bonchev–Trinajstić information content (AvgIpc) is 3.46. The van der Waals surface area contributed by atoms with E-state index in [1.807, 2.05) is 0 Å². The number of aliphatic hydroxyl groups excluding tert-OH is 7. The molecule has 0 aromatic rings. The van der Waals surface area contributed by atoms with Crippen LogP contribution in [-0.2, 0) is 14.3 Å². The van der Waals surface area contributed by atoms with Gasteiger partial charge in [0, 0.05) is 0 Å². The van der Waals surface area contributed by atoms with Gasteiger partial charge >= 0.3 is 0 Å². The number of ether oxygens (including phenoxy) is 2. The maximum absolute atomic E-state index is 13.2. The molecule has 1 saturated heterocycles. The molecule has 1 fully saturated rings. The molecule has 1 aliphatic heterocycles. The second-order valence-corrected chi connectivity index (χ2v) is 23.2. The van der Waals surface area contributed by atoms with Crippen molar-refractivity contribution in [3.8, 4) is 0 Å². The van der Waals surface area contributed by atoms with Crippen molar-refractivity contribution in [2.75, 3.05) is 13.2 Å². The van der Waals surface area contributed by atoms with E-state index in [4.69, 9.17) is 9.47 Å². The van der Waals surface area contributed by atoms with Gasteiger partial charge in [-0.1, -0.05) is 268 Å². The molecule has 1 rings (SSSR count). The van der Waals surface area contributed by atoms with Crippen molar-refractivity contribution < 1.29 is 50.0 Å². The van der Waals surface area contributed by atoms with Crippen molar-refractivity contribution >= 4 is 5.91 Å². The van der Waals surface area contributed by atoms with E-state index >= 15 is 0 Å². The molecule has 9 unspecified atom stereocenters. The van der Waals surface area contributed by atoms with Gasteiger partial charge in [0.1, 0.15) is 36.6 Å². The van der Waals surface area contributed by atoms with Crippen molar-refractivity contribution in [3.05, 3.63) is 48.6 Å². The molecule has 11 heteroatoms. The number of nitrogens with one attached hydrogen (secondary N) is 1.